The van der Waals surface area contributed by atoms with E-state index in [1.165, 1.54) is 16.8 Å². The van der Waals surface area contributed by atoms with Gasteiger partial charge in [-0.05, 0) is 25.0 Å². The standard InChI is InChI=1S/C12H12N2S/c1-2-7-11-9(5-1)14-12(15-11)10-6-3-4-8-13-10/h1-2,5-7,13H,3-4,8H2. The lowest BCUT2D eigenvalue weighted by atomic mass is 10.2. The van der Waals surface area contributed by atoms with Crippen LogP contribution in [0.3, 0.4) is 0 Å². The number of benzene rings is 1. The van der Waals surface area contributed by atoms with E-state index in [0.717, 1.165) is 23.5 Å². The average Bonchev–Trinajstić information content (AvgIpc) is 2.74. The van der Waals surface area contributed by atoms with Crippen molar-refractivity contribution in [3.8, 4) is 0 Å². The molecular weight excluding hydrogens is 204 g/mol. The molecule has 0 amide bonds. The molecule has 3 rings (SSSR count). The molecule has 0 bridgehead atoms. The number of fused-ring (bicyclic) bond motifs is 1. The summed E-state index contributed by atoms with van der Waals surface area (Å²) in [7, 11) is 0. The summed E-state index contributed by atoms with van der Waals surface area (Å²) in [4.78, 5) is 4.62. The summed E-state index contributed by atoms with van der Waals surface area (Å²) in [5.74, 6) is 0. The monoisotopic (exact) mass is 216 g/mol. The lowest BCUT2D eigenvalue weighted by Gasteiger charge is -2.12. The highest BCUT2D eigenvalue weighted by Crippen LogP contribution is 2.26. The third kappa shape index (κ3) is 1.63. The third-order valence-corrected chi connectivity index (χ3v) is 3.64. The van der Waals surface area contributed by atoms with Crippen molar-refractivity contribution in [1.82, 2.24) is 10.3 Å². The molecule has 0 fully saturated rings. The summed E-state index contributed by atoms with van der Waals surface area (Å²) in [5, 5.41) is 4.53. The van der Waals surface area contributed by atoms with Crippen molar-refractivity contribution in [3.63, 3.8) is 0 Å². The predicted molar refractivity (Wildman–Crippen MR) is 64.8 cm³/mol. The number of nitrogens with zero attached hydrogens (tertiary/aromatic N) is 1. The van der Waals surface area contributed by atoms with Gasteiger partial charge in [0.25, 0.3) is 0 Å². The number of hydrogen-bond acceptors (Lipinski definition) is 3. The van der Waals surface area contributed by atoms with Crippen molar-refractivity contribution < 1.29 is 0 Å². The Morgan fingerprint density at radius 1 is 1.27 bits per heavy atom. The quantitative estimate of drug-likeness (QED) is 0.792. The van der Waals surface area contributed by atoms with Crippen LogP contribution in [0.4, 0.5) is 0 Å². The zero-order valence-electron chi connectivity index (χ0n) is 8.36. The maximum Gasteiger partial charge on any atom is 0.140 e. The van der Waals surface area contributed by atoms with Gasteiger partial charge in [-0.2, -0.15) is 0 Å². The SMILES string of the molecule is C1=C(c2nc3ccccc3s2)NCCC1. The Morgan fingerprint density at radius 3 is 3.00 bits per heavy atom. The molecular formula is C12H12N2S. The minimum absolute atomic E-state index is 1.07. The Labute approximate surface area is 92.7 Å². The van der Waals surface area contributed by atoms with Crippen molar-refractivity contribution in [1.29, 1.82) is 0 Å². The minimum Gasteiger partial charge on any atom is -0.383 e. The normalized spacial score (nSPS) is 16.1. The molecule has 0 saturated heterocycles. The highest BCUT2D eigenvalue weighted by molar-refractivity contribution is 7.19. The Balaban J connectivity index is 2.07. The smallest absolute Gasteiger partial charge is 0.140 e. The van der Waals surface area contributed by atoms with E-state index in [4.69, 9.17) is 0 Å². The van der Waals surface area contributed by atoms with Gasteiger partial charge in [0, 0.05) is 6.54 Å². The number of aromatic nitrogens is 1. The fourth-order valence-electron chi connectivity index (χ4n) is 1.79. The molecule has 2 nitrogen and oxygen atoms in total. The van der Waals surface area contributed by atoms with E-state index >= 15 is 0 Å². The molecule has 1 aromatic carbocycles. The number of para-hydroxylation sites is 1. The molecule has 1 aliphatic rings. The molecule has 1 N–H and O–H groups in total. The molecule has 2 aromatic rings. The van der Waals surface area contributed by atoms with Crippen molar-refractivity contribution in [2.45, 2.75) is 12.8 Å². The molecule has 0 atom stereocenters. The van der Waals surface area contributed by atoms with Gasteiger partial charge in [0.05, 0.1) is 15.9 Å². The van der Waals surface area contributed by atoms with Crippen LogP contribution in [0.2, 0.25) is 0 Å². The van der Waals surface area contributed by atoms with Crippen LogP contribution in [0.5, 0.6) is 0 Å². The third-order valence-electron chi connectivity index (χ3n) is 2.57. The molecule has 0 aliphatic carbocycles. The largest absolute Gasteiger partial charge is 0.383 e. The fourth-order valence-corrected chi connectivity index (χ4v) is 2.78. The maximum atomic E-state index is 4.62. The second-order valence-electron chi connectivity index (χ2n) is 3.67. The van der Waals surface area contributed by atoms with Crippen LogP contribution < -0.4 is 5.32 Å². The van der Waals surface area contributed by atoms with E-state index in [9.17, 15) is 0 Å². The first-order chi connectivity index (χ1) is 7.43. The van der Waals surface area contributed by atoms with Crippen LogP contribution >= 0.6 is 11.3 Å². The number of hydrogen-bond donors (Lipinski definition) is 1. The molecule has 2 heterocycles. The van der Waals surface area contributed by atoms with Crippen molar-refractivity contribution in [2.75, 3.05) is 6.54 Å². The van der Waals surface area contributed by atoms with Crippen molar-refractivity contribution in [2.24, 2.45) is 0 Å². The van der Waals surface area contributed by atoms with E-state index in [-0.39, 0.29) is 0 Å². The predicted octanol–water partition coefficient (Wildman–Crippen LogP) is 3.02. The number of rotatable bonds is 1. The number of nitrogens with one attached hydrogen (secondary N) is 1. The molecule has 15 heavy (non-hydrogen) atoms. The van der Waals surface area contributed by atoms with E-state index in [2.05, 4.69) is 34.6 Å². The Morgan fingerprint density at radius 2 is 2.20 bits per heavy atom. The topological polar surface area (TPSA) is 24.9 Å². The summed E-state index contributed by atoms with van der Waals surface area (Å²) in [6.45, 7) is 1.07. The van der Waals surface area contributed by atoms with Gasteiger partial charge >= 0.3 is 0 Å². The number of thiazole rings is 1. The van der Waals surface area contributed by atoms with Crippen LogP contribution in [-0.2, 0) is 0 Å². The van der Waals surface area contributed by atoms with E-state index < -0.39 is 0 Å². The average molecular weight is 216 g/mol. The summed E-state index contributed by atoms with van der Waals surface area (Å²) in [6, 6.07) is 8.29. The molecule has 0 radical (unpaired) electrons. The van der Waals surface area contributed by atoms with Gasteiger partial charge in [0.2, 0.25) is 0 Å². The van der Waals surface area contributed by atoms with Crippen LogP contribution in [0.15, 0.2) is 30.3 Å². The van der Waals surface area contributed by atoms with Crippen LogP contribution in [0, 0.1) is 0 Å². The van der Waals surface area contributed by atoms with Gasteiger partial charge in [0.15, 0.2) is 0 Å². The Kier molecular flexibility index (Phi) is 2.18. The lowest BCUT2D eigenvalue weighted by Crippen LogP contribution is -2.16. The van der Waals surface area contributed by atoms with E-state index in [1.54, 1.807) is 11.3 Å². The lowest BCUT2D eigenvalue weighted by molar-refractivity contribution is 0.743. The molecule has 0 saturated carbocycles. The summed E-state index contributed by atoms with van der Waals surface area (Å²) < 4.78 is 1.26. The van der Waals surface area contributed by atoms with E-state index in [0.29, 0.717) is 0 Å². The summed E-state index contributed by atoms with van der Waals surface area (Å²) >= 11 is 1.76. The van der Waals surface area contributed by atoms with Gasteiger partial charge in [-0.25, -0.2) is 4.98 Å². The first-order valence-electron chi connectivity index (χ1n) is 5.23. The molecule has 0 spiro atoms. The summed E-state index contributed by atoms with van der Waals surface area (Å²) in [5.41, 5.74) is 2.31. The minimum atomic E-state index is 1.07. The second-order valence-corrected chi connectivity index (χ2v) is 4.70. The van der Waals surface area contributed by atoms with Crippen LogP contribution in [0.1, 0.15) is 17.8 Å². The van der Waals surface area contributed by atoms with Gasteiger partial charge in [-0.3, -0.25) is 0 Å². The number of allylic oxidation sites excluding steroid dienone is 1. The fraction of sp³-hybridized carbons (Fsp3) is 0.250. The molecule has 1 aliphatic heterocycles. The first kappa shape index (κ1) is 8.92. The van der Waals surface area contributed by atoms with Gasteiger partial charge in [-0.15, -0.1) is 11.3 Å². The molecule has 0 unspecified atom stereocenters. The molecule has 1 aromatic heterocycles. The highest BCUT2D eigenvalue weighted by Gasteiger charge is 2.09. The van der Waals surface area contributed by atoms with Gasteiger partial charge in [-0.1, -0.05) is 18.2 Å². The van der Waals surface area contributed by atoms with Crippen LogP contribution in [-0.4, -0.2) is 11.5 Å². The zero-order valence-corrected chi connectivity index (χ0v) is 9.18. The van der Waals surface area contributed by atoms with Crippen molar-refractivity contribution >= 4 is 27.3 Å². The molecule has 3 heteroatoms. The van der Waals surface area contributed by atoms with Gasteiger partial charge in [0.1, 0.15) is 5.01 Å². The Hall–Kier alpha value is -1.35. The maximum absolute atomic E-state index is 4.62. The Bertz CT molecular complexity index is 480. The first-order valence-corrected chi connectivity index (χ1v) is 6.05. The van der Waals surface area contributed by atoms with Crippen LogP contribution in [0.25, 0.3) is 15.9 Å². The van der Waals surface area contributed by atoms with Gasteiger partial charge < -0.3 is 5.32 Å². The highest BCUT2D eigenvalue weighted by atomic mass is 32.1. The van der Waals surface area contributed by atoms with Crippen molar-refractivity contribution in [3.05, 3.63) is 35.3 Å². The van der Waals surface area contributed by atoms with E-state index in [1.807, 2.05) is 6.07 Å². The molecule has 76 valence electrons. The second kappa shape index (κ2) is 3.66. The summed E-state index contributed by atoms with van der Waals surface area (Å²) in [6.07, 6.45) is 4.65. The zero-order chi connectivity index (χ0) is 10.1.